The van der Waals surface area contributed by atoms with E-state index in [9.17, 15) is 4.79 Å². The Kier molecular flexibility index (Phi) is 2.36. The second-order valence-corrected chi connectivity index (χ2v) is 3.94. The van der Waals surface area contributed by atoms with E-state index >= 15 is 0 Å². The van der Waals surface area contributed by atoms with Gasteiger partial charge in [0, 0.05) is 6.04 Å². The van der Waals surface area contributed by atoms with E-state index in [2.05, 4.69) is 17.5 Å². The number of fused-ring (bicyclic) bond motifs is 1. The molecule has 1 aliphatic heterocycles. The highest BCUT2D eigenvalue weighted by Gasteiger charge is 2.32. The molecule has 0 aromatic rings. The lowest BCUT2D eigenvalue weighted by atomic mass is 9.81. The minimum absolute atomic E-state index is 0.312. The van der Waals surface area contributed by atoms with Crippen molar-refractivity contribution in [3.8, 4) is 0 Å². The maximum atomic E-state index is 10.7. The molecule has 2 rings (SSSR count). The topological polar surface area (TPSA) is 49.3 Å². The molecule has 3 heteroatoms. The molecule has 1 heterocycles. The maximum absolute atomic E-state index is 10.7. The largest absolute Gasteiger partial charge is 0.480 e. The van der Waals surface area contributed by atoms with E-state index in [0.717, 1.165) is 25.7 Å². The van der Waals surface area contributed by atoms with Gasteiger partial charge in [-0.05, 0) is 31.6 Å². The van der Waals surface area contributed by atoms with Gasteiger partial charge < -0.3 is 10.4 Å². The predicted molar refractivity (Wildman–Crippen MR) is 49.4 cm³/mol. The van der Waals surface area contributed by atoms with E-state index in [1.165, 1.54) is 0 Å². The fraction of sp³-hybridized carbons (Fsp3) is 0.700. The first-order valence-corrected chi connectivity index (χ1v) is 4.91. The van der Waals surface area contributed by atoms with Crippen LogP contribution in [0.4, 0.5) is 0 Å². The Balaban J connectivity index is 1.99. The molecule has 2 N–H and O–H groups in total. The van der Waals surface area contributed by atoms with Crippen molar-refractivity contribution < 1.29 is 9.90 Å². The Morgan fingerprint density at radius 3 is 2.85 bits per heavy atom. The highest BCUT2D eigenvalue weighted by Crippen LogP contribution is 2.28. The van der Waals surface area contributed by atoms with Crippen molar-refractivity contribution >= 4 is 5.97 Å². The molecule has 72 valence electrons. The molecule has 3 atom stereocenters. The fourth-order valence-electron chi connectivity index (χ4n) is 2.31. The molecule has 0 aromatic carbocycles. The van der Waals surface area contributed by atoms with Gasteiger partial charge in [-0.1, -0.05) is 12.2 Å². The second kappa shape index (κ2) is 3.50. The van der Waals surface area contributed by atoms with Crippen LogP contribution in [0.5, 0.6) is 0 Å². The molecule has 0 bridgehead atoms. The predicted octanol–water partition coefficient (Wildman–Crippen LogP) is 1.16. The molecule has 1 saturated heterocycles. The lowest BCUT2D eigenvalue weighted by Crippen LogP contribution is -2.51. The maximum Gasteiger partial charge on any atom is 0.320 e. The minimum atomic E-state index is -0.701. The molecular formula is C10H15NO2. The monoisotopic (exact) mass is 181 g/mol. The van der Waals surface area contributed by atoms with Crippen LogP contribution >= 0.6 is 0 Å². The van der Waals surface area contributed by atoms with Crippen LogP contribution in [0.1, 0.15) is 25.7 Å². The lowest BCUT2D eigenvalue weighted by molar-refractivity contribution is -0.140. The molecule has 13 heavy (non-hydrogen) atoms. The van der Waals surface area contributed by atoms with Crippen LogP contribution in [0.2, 0.25) is 0 Å². The first kappa shape index (κ1) is 8.75. The van der Waals surface area contributed by atoms with Crippen LogP contribution in [0.15, 0.2) is 12.2 Å². The zero-order valence-corrected chi connectivity index (χ0v) is 7.57. The van der Waals surface area contributed by atoms with E-state index in [-0.39, 0.29) is 6.04 Å². The van der Waals surface area contributed by atoms with Gasteiger partial charge in [0.15, 0.2) is 0 Å². The summed E-state index contributed by atoms with van der Waals surface area (Å²) in [6.07, 6.45) is 8.31. The van der Waals surface area contributed by atoms with Crippen molar-refractivity contribution in [1.29, 1.82) is 0 Å². The first-order chi connectivity index (χ1) is 6.27. The molecular weight excluding hydrogens is 166 g/mol. The second-order valence-electron chi connectivity index (χ2n) is 3.94. The standard InChI is InChI=1S/C10H15NO2/c12-10(13)9-6-5-7-3-1-2-4-8(7)11-9/h1-2,7-9,11H,3-6H2,(H,12,13)/t7-,8?,9-/m0/s1. The molecule has 0 aromatic heterocycles. The van der Waals surface area contributed by atoms with Crippen LogP contribution < -0.4 is 5.32 Å². The van der Waals surface area contributed by atoms with Crippen LogP contribution in [0.25, 0.3) is 0 Å². The van der Waals surface area contributed by atoms with Crippen molar-refractivity contribution in [2.45, 2.75) is 37.8 Å². The number of rotatable bonds is 1. The van der Waals surface area contributed by atoms with Crippen LogP contribution in [0, 0.1) is 5.92 Å². The third-order valence-electron chi connectivity index (χ3n) is 3.10. The highest BCUT2D eigenvalue weighted by atomic mass is 16.4. The van der Waals surface area contributed by atoms with Crippen LogP contribution in [-0.4, -0.2) is 23.2 Å². The third-order valence-corrected chi connectivity index (χ3v) is 3.10. The van der Waals surface area contributed by atoms with Gasteiger partial charge in [-0.15, -0.1) is 0 Å². The van der Waals surface area contributed by atoms with Crippen molar-refractivity contribution in [1.82, 2.24) is 5.32 Å². The van der Waals surface area contributed by atoms with Gasteiger partial charge in [0.1, 0.15) is 6.04 Å². The summed E-state index contributed by atoms with van der Waals surface area (Å²) in [5.74, 6) is -0.0337. The van der Waals surface area contributed by atoms with Gasteiger partial charge in [0.2, 0.25) is 0 Å². The van der Waals surface area contributed by atoms with Gasteiger partial charge in [0.05, 0.1) is 0 Å². The summed E-state index contributed by atoms with van der Waals surface area (Å²) in [7, 11) is 0. The zero-order valence-electron chi connectivity index (χ0n) is 7.57. The SMILES string of the molecule is O=C(O)[C@@H]1CC[C@@H]2CC=CCC2N1. The van der Waals surface area contributed by atoms with E-state index in [1.54, 1.807) is 0 Å². The van der Waals surface area contributed by atoms with Gasteiger partial charge >= 0.3 is 5.97 Å². The Morgan fingerprint density at radius 2 is 2.08 bits per heavy atom. The van der Waals surface area contributed by atoms with Crippen molar-refractivity contribution in [2.24, 2.45) is 5.92 Å². The number of aliphatic carboxylic acids is 1. The van der Waals surface area contributed by atoms with Gasteiger partial charge in [0.25, 0.3) is 0 Å². The normalized spacial score (nSPS) is 38.3. The summed E-state index contributed by atoms with van der Waals surface area (Å²) < 4.78 is 0. The molecule has 1 fully saturated rings. The molecule has 0 amide bonds. The minimum Gasteiger partial charge on any atom is -0.480 e. The summed E-state index contributed by atoms with van der Waals surface area (Å²) >= 11 is 0. The molecule has 0 spiro atoms. The Hall–Kier alpha value is -0.830. The van der Waals surface area contributed by atoms with Gasteiger partial charge in [-0.25, -0.2) is 0 Å². The average molecular weight is 181 g/mol. The molecule has 1 unspecified atom stereocenters. The Bertz CT molecular complexity index is 237. The summed E-state index contributed by atoms with van der Waals surface area (Å²) in [6.45, 7) is 0. The van der Waals surface area contributed by atoms with Crippen molar-refractivity contribution in [3.63, 3.8) is 0 Å². The summed E-state index contributed by atoms with van der Waals surface area (Å²) in [5, 5.41) is 12.1. The molecule has 3 nitrogen and oxygen atoms in total. The van der Waals surface area contributed by atoms with Gasteiger partial charge in [-0.3, -0.25) is 4.79 Å². The highest BCUT2D eigenvalue weighted by molar-refractivity contribution is 5.73. The Labute approximate surface area is 77.8 Å². The zero-order chi connectivity index (χ0) is 9.26. The molecule has 0 saturated carbocycles. The quantitative estimate of drug-likeness (QED) is 0.597. The Morgan fingerprint density at radius 1 is 1.31 bits per heavy atom. The van der Waals surface area contributed by atoms with E-state index in [4.69, 9.17) is 5.11 Å². The summed E-state index contributed by atoms with van der Waals surface area (Å²) in [6, 6.07) is 0.0904. The number of allylic oxidation sites excluding steroid dienone is 1. The summed E-state index contributed by atoms with van der Waals surface area (Å²) in [4.78, 5) is 10.7. The number of carboxylic acid groups (broad SMARTS) is 1. The first-order valence-electron chi connectivity index (χ1n) is 4.91. The summed E-state index contributed by atoms with van der Waals surface area (Å²) in [5.41, 5.74) is 0. The smallest absolute Gasteiger partial charge is 0.320 e. The number of carboxylic acids is 1. The molecule has 0 radical (unpaired) electrons. The fourth-order valence-corrected chi connectivity index (χ4v) is 2.31. The number of carbonyl (C=O) groups is 1. The van der Waals surface area contributed by atoms with Crippen molar-refractivity contribution in [2.75, 3.05) is 0 Å². The van der Waals surface area contributed by atoms with Crippen molar-refractivity contribution in [3.05, 3.63) is 12.2 Å². The lowest BCUT2D eigenvalue weighted by Gasteiger charge is -2.36. The number of nitrogens with one attached hydrogen (secondary N) is 1. The van der Waals surface area contributed by atoms with Crippen LogP contribution in [-0.2, 0) is 4.79 Å². The van der Waals surface area contributed by atoms with Crippen LogP contribution in [0.3, 0.4) is 0 Å². The average Bonchev–Trinajstić information content (AvgIpc) is 2.17. The van der Waals surface area contributed by atoms with E-state index in [0.29, 0.717) is 12.0 Å². The third kappa shape index (κ3) is 1.75. The molecule has 1 aliphatic carbocycles. The number of hydrogen-bond donors (Lipinski definition) is 2. The van der Waals surface area contributed by atoms with E-state index in [1.807, 2.05) is 0 Å². The number of piperidine rings is 1. The molecule has 2 aliphatic rings. The van der Waals surface area contributed by atoms with Gasteiger partial charge in [-0.2, -0.15) is 0 Å². The number of hydrogen-bond acceptors (Lipinski definition) is 2. The van der Waals surface area contributed by atoms with E-state index < -0.39 is 5.97 Å².